The van der Waals surface area contributed by atoms with Crippen LogP contribution in [0.25, 0.3) is 0 Å². The lowest BCUT2D eigenvalue weighted by molar-refractivity contribution is 0.0372. The number of hydrogen-bond donors (Lipinski definition) is 1. The summed E-state index contributed by atoms with van der Waals surface area (Å²) in [6.45, 7) is 6.14. The van der Waals surface area contributed by atoms with Crippen molar-refractivity contribution in [3.8, 4) is 0 Å². The minimum absolute atomic E-state index is 0.0247. The van der Waals surface area contributed by atoms with Crippen LogP contribution in [0.4, 0.5) is 0 Å². The maximum atomic E-state index is 6.38. The fourth-order valence-electron chi connectivity index (χ4n) is 2.28. The van der Waals surface area contributed by atoms with E-state index in [-0.39, 0.29) is 5.54 Å². The lowest BCUT2D eigenvalue weighted by Crippen LogP contribution is -2.53. The van der Waals surface area contributed by atoms with Crippen LogP contribution in [0.15, 0.2) is 0 Å². The molecule has 0 radical (unpaired) electrons. The maximum Gasteiger partial charge on any atom is 0.0484 e. The summed E-state index contributed by atoms with van der Waals surface area (Å²) in [6, 6.07) is 0.836. The monoisotopic (exact) mass is 198 g/mol. The molecule has 1 heterocycles. The highest BCUT2D eigenvalue weighted by Gasteiger charge is 2.35. The fraction of sp³-hybridized carbons (Fsp3) is 1.00. The summed E-state index contributed by atoms with van der Waals surface area (Å²) in [4.78, 5) is 2.55. The third-order valence-corrected chi connectivity index (χ3v) is 3.48. The molecule has 1 aliphatic carbocycles. The van der Waals surface area contributed by atoms with Gasteiger partial charge in [0, 0.05) is 31.3 Å². The van der Waals surface area contributed by atoms with Gasteiger partial charge in [-0.05, 0) is 32.2 Å². The summed E-state index contributed by atoms with van der Waals surface area (Å²) < 4.78 is 5.36. The predicted molar refractivity (Wildman–Crippen MR) is 57.2 cm³/mol. The predicted octanol–water partition coefficient (Wildman–Crippen LogP) is 0.979. The maximum absolute atomic E-state index is 6.38. The second-order valence-electron chi connectivity index (χ2n) is 4.77. The van der Waals surface area contributed by atoms with Crippen molar-refractivity contribution in [2.45, 2.75) is 44.2 Å². The van der Waals surface area contributed by atoms with Crippen LogP contribution in [0, 0.1) is 0 Å². The van der Waals surface area contributed by atoms with Crippen molar-refractivity contribution >= 4 is 0 Å². The molecule has 0 unspecified atom stereocenters. The van der Waals surface area contributed by atoms with E-state index in [1.54, 1.807) is 0 Å². The Bertz CT molecular complexity index is 186. The molecule has 0 spiro atoms. The van der Waals surface area contributed by atoms with E-state index in [0.29, 0.717) is 0 Å². The molecule has 0 bridgehead atoms. The van der Waals surface area contributed by atoms with Crippen LogP contribution in [0.2, 0.25) is 0 Å². The van der Waals surface area contributed by atoms with Crippen LogP contribution in [0.1, 0.15) is 32.6 Å². The molecule has 0 atom stereocenters. The van der Waals surface area contributed by atoms with Crippen molar-refractivity contribution in [1.82, 2.24) is 4.90 Å². The lowest BCUT2D eigenvalue weighted by atomic mass is 9.90. The molecule has 3 nitrogen and oxygen atoms in total. The first-order valence-electron chi connectivity index (χ1n) is 5.84. The Balaban J connectivity index is 1.86. The molecule has 2 aliphatic rings. The third-order valence-electron chi connectivity index (χ3n) is 3.48. The third kappa shape index (κ3) is 2.47. The van der Waals surface area contributed by atoms with Gasteiger partial charge in [0.2, 0.25) is 0 Å². The summed E-state index contributed by atoms with van der Waals surface area (Å²) in [5, 5.41) is 0. The zero-order valence-corrected chi connectivity index (χ0v) is 9.17. The Morgan fingerprint density at radius 1 is 1.36 bits per heavy atom. The van der Waals surface area contributed by atoms with E-state index in [0.717, 1.165) is 45.2 Å². The Morgan fingerprint density at radius 2 is 2.00 bits per heavy atom. The van der Waals surface area contributed by atoms with Gasteiger partial charge in [-0.1, -0.05) is 6.92 Å². The van der Waals surface area contributed by atoms with E-state index in [1.165, 1.54) is 12.8 Å². The average molecular weight is 198 g/mol. The van der Waals surface area contributed by atoms with E-state index in [2.05, 4.69) is 11.8 Å². The van der Waals surface area contributed by atoms with Crippen molar-refractivity contribution in [1.29, 1.82) is 0 Å². The Hall–Kier alpha value is -0.120. The van der Waals surface area contributed by atoms with Crippen LogP contribution >= 0.6 is 0 Å². The van der Waals surface area contributed by atoms with E-state index < -0.39 is 0 Å². The molecule has 3 heteroatoms. The minimum atomic E-state index is 0.0247. The molecule has 2 N–H and O–H groups in total. The van der Waals surface area contributed by atoms with Crippen molar-refractivity contribution in [3.63, 3.8) is 0 Å². The molecule has 82 valence electrons. The van der Waals surface area contributed by atoms with Gasteiger partial charge in [0.1, 0.15) is 0 Å². The molecule has 2 fully saturated rings. The zero-order chi connectivity index (χ0) is 10.0. The van der Waals surface area contributed by atoms with Crippen molar-refractivity contribution < 1.29 is 4.74 Å². The lowest BCUT2D eigenvalue weighted by Gasteiger charge is -2.37. The highest BCUT2D eigenvalue weighted by atomic mass is 16.5. The van der Waals surface area contributed by atoms with Gasteiger partial charge in [0.15, 0.2) is 0 Å². The number of ether oxygens (including phenoxy) is 1. The van der Waals surface area contributed by atoms with Gasteiger partial charge in [0.05, 0.1) is 0 Å². The van der Waals surface area contributed by atoms with Crippen LogP contribution < -0.4 is 5.73 Å². The van der Waals surface area contributed by atoms with Crippen LogP contribution in [-0.4, -0.2) is 42.8 Å². The van der Waals surface area contributed by atoms with Gasteiger partial charge in [-0.15, -0.1) is 0 Å². The van der Waals surface area contributed by atoms with Crippen LogP contribution in [-0.2, 0) is 4.74 Å². The second-order valence-corrected chi connectivity index (χ2v) is 4.77. The average Bonchev–Trinajstić information content (AvgIpc) is 2.99. The zero-order valence-electron chi connectivity index (χ0n) is 9.17. The molecular formula is C11H22N2O. The van der Waals surface area contributed by atoms with Gasteiger partial charge in [-0.25, -0.2) is 0 Å². The quantitative estimate of drug-likeness (QED) is 0.732. The Labute approximate surface area is 86.6 Å². The van der Waals surface area contributed by atoms with Crippen molar-refractivity contribution in [2.75, 3.05) is 26.3 Å². The van der Waals surface area contributed by atoms with E-state index in [1.807, 2.05) is 0 Å². The van der Waals surface area contributed by atoms with E-state index in [9.17, 15) is 0 Å². The number of nitrogens with zero attached hydrogens (tertiary/aromatic N) is 1. The van der Waals surface area contributed by atoms with E-state index >= 15 is 0 Å². The summed E-state index contributed by atoms with van der Waals surface area (Å²) in [6.07, 6.45) is 4.80. The summed E-state index contributed by atoms with van der Waals surface area (Å²) in [5.41, 5.74) is 6.40. The standard InChI is InChI=1S/C11H22N2O/c1-2-13(10-3-4-10)9-11(12)5-7-14-8-6-11/h10H,2-9,12H2,1H3. The van der Waals surface area contributed by atoms with Crippen molar-refractivity contribution in [3.05, 3.63) is 0 Å². The van der Waals surface area contributed by atoms with Crippen molar-refractivity contribution in [2.24, 2.45) is 5.73 Å². The second kappa shape index (κ2) is 4.17. The molecule has 2 rings (SSSR count). The summed E-state index contributed by atoms with van der Waals surface area (Å²) in [7, 11) is 0. The first-order chi connectivity index (χ1) is 6.73. The minimum Gasteiger partial charge on any atom is -0.381 e. The van der Waals surface area contributed by atoms with Crippen LogP contribution in [0.3, 0.4) is 0 Å². The molecule has 14 heavy (non-hydrogen) atoms. The van der Waals surface area contributed by atoms with Crippen LogP contribution in [0.5, 0.6) is 0 Å². The highest BCUT2D eigenvalue weighted by Crippen LogP contribution is 2.29. The Kier molecular flexibility index (Phi) is 3.10. The normalized spacial score (nSPS) is 26.8. The van der Waals surface area contributed by atoms with Gasteiger partial charge in [-0.2, -0.15) is 0 Å². The van der Waals surface area contributed by atoms with Gasteiger partial charge in [-0.3, -0.25) is 4.90 Å². The topological polar surface area (TPSA) is 38.5 Å². The van der Waals surface area contributed by atoms with Gasteiger partial charge < -0.3 is 10.5 Å². The molecule has 0 aromatic heterocycles. The molecule has 1 saturated carbocycles. The molecule has 1 aliphatic heterocycles. The van der Waals surface area contributed by atoms with E-state index in [4.69, 9.17) is 10.5 Å². The summed E-state index contributed by atoms with van der Waals surface area (Å²) >= 11 is 0. The molecule has 0 amide bonds. The van der Waals surface area contributed by atoms with Gasteiger partial charge >= 0.3 is 0 Å². The smallest absolute Gasteiger partial charge is 0.0484 e. The SMILES string of the molecule is CCN(CC1(N)CCOCC1)C1CC1. The molecule has 1 saturated heterocycles. The number of nitrogens with two attached hydrogens (primary N) is 1. The number of hydrogen-bond acceptors (Lipinski definition) is 3. The molecule has 0 aromatic rings. The first kappa shape index (κ1) is 10.4. The first-order valence-corrected chi connectivity index (χ1v) is 5.84. The van der Waals surface area contributed by atoms with Gasteiger partial charge in [0.25, 0.3) is 0 Å². The molecular weight excluding hydrogens is 176 g/mol. The summed E-state index contributed by atoms with van der Waals surface area (Å²) in [5.74, 6) is 0. The molecule has 0 aromatic carbocycles. The Morgan fingerprint density at radius 3 is 2.50 bits per heavy atom. The number of rotatable bonds is 4. The fourth-order valence-corrected chi connectivity index (χ4v) is 2.28. The number of likely N-dealkylation sites (N-methyl/N-ethyl adjacent to an activating group) is 1. The largest absolute Gasteiger partial charge is 0.381 e. The highest BCUT2D eigenvalue weighted by molar-refractivity contribution is 4.94.